The number of benzene rings is 2. The molecule has 2 aromatic carbocycles. The van der Waals surface area contributed by atoms with Crippen molar-refractivity contribution in [3.8, 4) is 0 Å². The van der Waals surface area contributed by atoms with E-state index in [1.54, 1.807) is 27.7 Å². The van der Waals surface area contributed by atoms with Gasteiger partial charge in [-0.1, -0.05) is 45.4 Å². The summed E-state index contributed by atoms with van der Waals surface area (Å²) < 4.78 is 70.6. The molecule has 2 rings (SSSR count). The van der Waals surface area contributed by atoms with Gasteiger partial charge in [0, 0.05) is 18.7 Å². The number of ether oxygens (including phenoxy) is 1. The number of rotatable bonds is 11. The van der Waals surface area contributed by atoms with E-state index >= 15 is 0 Å². The molecule has 0 aliphatic heterocycles. The van der Waals surface area contributed by atoms with Gasteiger partial charge in [0.1, 0.15) is 6.04 Å². The number of anilines is 1. The molecule has 0 aromatic heterocycles. The van der Waals surface area contributed by atoms with Gasteiger partial charge in [-0.3, -0.25) is 9.59 Å². The molecule has 2 aromatic rings. The molecule has 2 amide bonds. The Morgan fingerprint density at radius 2 is 1.69 bits per heavy atom. The monoisotopic (exact) mass is 591 g/mol. The van der Waals surface area contributed by atoms with Gasteiger partial charge in [-0.05, 0) is 42.3 Å². The molecule has 39 heavy (non-hydrogen) atoms. The first-order chi connectivity index (χ1) is 18.1. The van der Waals surface area contributed by atoms with Crippen LogP contribution in [0.2, 0.25) is 5.02 Å². The number of carbonyl (C=O) groups excluding carboxylic acids is 3. The average Bonchev–Trinajstić information content (AvgIpc) is 2.86. The fourth-order valence-corrected chi connectivity index (χ4v) is 5.11. The van der Waals surface area contributed by atoms with Crippen molar-refractivity contribution in [2.24, 2.45) is 5.92 Å². The first kappa shape index (κ1) is 32.1. The Hall–Kier alpha value is -3.16. The highest BCUT2D eigenvalue weighted by molar-refractivity contribution is 7.89. The molecule has 0 unspecified atom stereocenters. The Kier molecular flexibility index (Phi) is 10.9. The second-order valence-electron chi connectivity index (χ2n) is 8.66. The van der Waals surface area contributed by atoms with Crippen molar-refractivity contribution in [1.82, 2.24) is 9.62 Å². The lowest BCUT2D eigenvalue weighted by atomic mass is 10.0. The number of hydrogen-bond acceptors (Lipinski definition) is 6. The number of carbonyl (C=O) groups is 3. The first-order valence-corrected chi connectivity index (χ1v) is 13.7. The van der Waals surface area contributed by atoms with Gasteiger partial charge in [0.2, 0.25) is 10.0 Å². The lowest BCUT2D eigenvalue weighted by Gasteiger charge is -2.21. The maximum Gasteiger partial charge on any atom is 0.416 e. The summed E-state index contributed by atoms with van der Waals surface area (Å²) in [5.74, 6) is -3.17. The molecule has 214 valence electrons. The summed E-state index contributed by atoms with van der Waals surface area (Å²) in [6, 6.07) is 6.48. The van der Waals surface area contributed by atoms with Gasteiger partial charge in [-0.2, -0.15) is 17.5 Å². The lowest BCUT2D eigenvalue weighted by molar-refractivity contribution is -0.150. The number of amides is 2. The standard InChI is InChI=1S/C25H29ClF3N3O6S/c1-5-32(6-2)39(36,37)18-9-7-8-16(12-18)23(34)31-22(15(3)4)24(35)38-14-21(33)30-20-13-17(25(27,28)29)10-11-19(20)26/h7-13,15,22H,5-6,14H2,1-4H3,(H,30,33)(H,31,34)/t22-/m1/s1. The van der Waals surface area contributed by atoms with Gasteiger partial charge < -0.3 is 15.4 Å². The summed E-state index contributed by atoms with van der Waals surface area (Å²) in [7, 11) is -3.83. The van der Waals surface area contributed by atoms with E-state index in [9.17, 15) is 36.0 Å². The third kappa shape index (κ3) is 8.41. The van der Waals surface area contributed by atoms with Crippen LogP contribution in [0.3, 0.4) is 0 Å². The van der Waals surface area contributed by atoms with Gasteiger partial charge in [0.05, 0.1) is 21.2 Å². The summed E-state index contributed by atoms with van der Waals surface area (Å²) in [5.41, 5.74) is -1.37. The Balaban J connectivity index is 2.10. The predicted octanol–water partition coefficient (Wildman–Crippen LogP) is 4.33. The van der Waals surface area contributed by atoms with E-state index in [2.05, 4.69) is 10.6 Å². The van der Waals surface area contributed by atoms with E-state index < -0.39 is 58.1 Å². The number of hydrogen-bond donors (Lipinski definition) is 2. The van der Waals surface area contributed by atoms with Crippen molar-refractivity contribution in [3.63, 3.8) is 0 Å². The number of sulfonamides is 1. The van der Waals surface area contributed by atoms with Crippen molar-refractivity contribution in [1.29, 1.82) is 0 Å². The zero-order valence-electron chi connectivity index (χ0n) is 21.6. The van der Waals surface area contributed by atoms with Gasteiger partial charge in [-0.15, -0.1) is 0 Å². The van der Waals surface area contributed by atoms with Crippen LogP contribution < -0.4 is 10.6 Å². The Morgan fingerprint density at radius 1 is 1.05 bits per heavy atom. The van der Waals surface area contributed by atoms with Crippen molar-refractivity contribution < 1.29 is 40.7 Å². The highest BCUT2D eigenvalue weighted by Gasteiger charge is 2.31. The molecule has 0 radical (unpaired) electrons. The molecule has 0 fully saturated rings. The fourth-order valence-electron chi connectivity index (χ4n) is 3.44. The minimum atomic E-state index is -4.66. The maximum atomic E-state index is 12.9. The predicted molar refractivity (Wildman–Crippen MR) is 139 cm³/mol. The SMILES string of the molecule is CCN(CC)S(=O)(=O)c1cccc(C(=O)N[C@@H](C(=O)OCC(=O)Nc2cc(C(F)(F)F)ccc2Cl)C(C)C)c1. The molecule has 2 N–H and O–H groups in total. The van der Waals surface area contributed by atoms with E-state index in [0.717, 1.165) is 12.1 Å². The average molecular weight is 592 g/mol. The number of halogens is 4. The maximum absolute atomic E-state index is 12.9. The number of alkyl halides is 3. The smallest absolute Gasteiger partial charge is 0.416 e. The van der Waals surface area contributed by atoms with Crippen LogP contribution in [-0.2, 0) is 30.5 Å². The highest BCUT2D eigenvalue weighted by atomic mass is 35.5. The molecular formula is C25H29ClF3N3O6S. The lowest BCUT2D eigenvalue weighted by Crippen LogP contribution is -2.46. The molecule has 0 bridgehead atoms. The van der Waals surface area contributed by atoms with Gasteiger partial charge in [0.25, 0.3) is 11.8 Å². The second-order valence-corrected chi connectivity index (χ2v) is 11.0. The molecule has 0 aliphatic carbocycles. The quantitative estimate of drug-likeness (QED) is 0.375. The summed E-state index contributed by atoms with van der Waals surface area (Å²) in [6.45, 7) is 6.21. The van der Waals surface area contributed by atoms with E-state index in [4.69, 9.17) is 16.3 Å². The minimum Gasteiger partial charge on any atom is -0.454 e. The van der Waals surface area contributed by atoms with E-state index in [1.807, 2.05) is 0 Å². The molecule has 0 saturated heterocycles. The molecule has 0 saturated carbocycles. The zero-order chi connectivity index (χ0) is 29.5. The Morgan fingerprint density at radius 3 is 2.26 bits per heavy atom. The van der Waals surface area contributed by atoms with Crippen LogP contribution >= 0.6 is 11.6 Å². The van der Waals surface area contributed by atoms with Gasteiger partial charge in [-0.25, -0.2) is 13.2 Å². The van der Waals surface area contributed by atoms with Crippen LogP contribution in [0.4, 0.5) is 18.9 Å². The van der Waals surface area contributed by atoms with Gasteiger partial charge in [0.15, 0.2) is 6.61 Å². The normalized spacial score (nSPS) is 12.8. The van der Waals surface area contributed by atoms with Crippen LogP contribution in [0, 0.1) is 5.92 Å². The fraction of sp³-hybridized carbons (Fsp3) is 0.400. The molecule has 0 aliphatic rings. The van der Waals surface area contributed by atoms with Crippen molar-refractivity contribution in [2.45, 2.75) is 44.8 Å². The molecule has 0 spiro atoms. The van der Waals surface area contributed by atoms with Crippen molar-refractivity contribution in [2.75, 3.05) is 25.0 Å². The largest absolute Gasteiger partial charge is 0.454 e. The van der Waals surface area contributed by atoms with Crippen LogP contribution in [-0.4, -0.2) is 56.2 Å². The minimum absolute atomic E-state index is 0.0152. The topological polar surface area (TPSA) is 122 Å². The van der Waals surface area contributed by atoms with Crippen LogP contribution in [0.5, 0.6) is 0 Å². The summed E-state index contributed by atoms with van der Waals surface area (Å²) in [5, 5.41) is 4.48. The van der Waals surface area contributed by atoms with Crippen molar-refractivity contribution in [3.05, 3.63) is 58.6 Å². The van der Waals surface area contributed by atoms with Crippen LogP contribution in [0.1, 0.15) is 43.6 Å². The molecule has 1 atom stereocenters. The molecule has 9 nitrogen and oxygen atoms in total. The highest BCUT2D eigenvalue weighted by Crippen LogP contribution is 2.33. The molecular weight excluding hydrogens is 563 g/mol. The number of esters is 1. The van der Waals surface area contributed by atoms with E-state index in [0.29, 0.717) is 6.07 Å². The number of nitrogens with one attached hydrogen (secondary N) is 2. The summed E-state index contributed by atoms with van der Waals surface area (Å²) in [6.07, 6.45) is -4.66. The zero-order valence-corrected chi connectivity index (χ0v) is 23.2. The summed E-state index contributed by atoms with van der Waals surface area (Å²) in [4.78, 5) is 37.7. The van der Waals surface area contributed by atoms with E-state index in [1.165, 1.54) is 28.6 Å². The van der Waals surface area contributed by atoms with Crippen LogP contribution in [0.15, 0.2) is 47.4 Å². The second kappa shape index (κ2) is 13.3. The van der Waals surface area contributed by atoms with Crippen LogP contribution in [0.25, 0.3) is 0 Å². The van der Waals surface area contributed by atoms with E-state index in [-0.39, 0.29) is 34.3 Å². The summed E-state index contributed by atoms with van der Waals surface area (Å²) >= 11 is 5.86. The third-order valence-corrected chi connectivity index (χ3v) is 7.94. The van der Waals surface area contributed by atoms with Crippen molar-refractivity contribution >= 4 is 45.1 Å². The first-order valence-electron chi connectivity index (χ1n) is 11.9. The Labute approximate surface area is 229 Å². The number of nitrogens with zero attached hydrogens (tertiary/aromatic N) is 1. The van der Waals surface area contributed by atoms with Gasteiger partial charge >= 0.3 is 12.1 Å². The third-order valence-electron chi connectivity index (χ3n) is 5.56. The molecule has 0 heterocycles. The molecule has 14 heteroatoms. The Bertz CT molecular complexity index is 1310.